The first-order valence-electron chi connectivity index (χ1n) is 6.04. The van der Waals surface area contributed by atoms with Gasteiger partial charge in [0.2, 0.25) is 11.8 Å². The minimum atomic E-state index is -0.710. The van der Waals surface area contributed by atoms with Gasteiger partial charge in [0.15, 0.2) is 0 Å². The molecule has 1 N–H and O–H groups in total. The summed E-state index contributed by atoms with van der Waals surface area (Å²) < 4.78 is 0. The van der Waals surface area contributed by atoms with Gasteiger partial charge >= 0.3 is 0 Å². The summed E-state index contributed by atoms with van der Waals surface area (Å²) in [5.74, 6) is -0.341. The van der Waals surface area contributed by atoms with Crippen LogP contribution in [0.2, 0.25) is 0 Å². The number of carbonyl (C=O) groups excluding carboxylic acids is 2. The smallest absolute Gasteiger partial charge is 0.233 e. The molecule has 0 spiro atoms. The first-order chi connectivity index (χ1) is 7.55. The molecular formula is C12H19NO3. The van der Waals surface area contributed by atoms with Crippen molar-refractivity contribution >= 4 is 11.8 Å². The van der Waals surface area contributed by atoms with Crippen molar-refractivity contribution in [3.63, 3.8) is 0 Å². The molecule has 1 aliphatic carbocycles. The minimum Gasteiger partial charge on any atom is -0.394 e. The minimum absolute atomic E-state index is 0.0640. The molecule has 1 aliphatic heterocycles. The second-order valence-corrected chi connectivity index (χ2v) is 5.16. The van der Waals surface area contributed by atoms with Crippen LogP contribution in [0.1, 0.15) is 39.5 Å². The van der Waals surface area contributed by atoms with E-state index in [0.717, 1.165) is 19.3 Å². The molecule has 2 rings (SSSR count). The second-order valence-electron chi connectivity index (χ2n) is 5.16. The molecule has 90 valence electrons. The van der Waals surface area contributed by atoms with Gasteiger partial charge in [-0.15, -0.1) is 0 Å². The van der Waals surface area contributed by atoms with Crippen LogP contribution in [-0.4, -0.2) is 34.0 Å². The Labute approximate surface area is 95.6 Å². The highest BCUT2D eigenvalue weighted by Gasteiger charge is 2.54. The molecule has 3 unspecified atom stereocenters. The Bertz CT molecular complexity index is 300. The first-order valence-corrected chi connectivity index (χ1v) is 6.04. The monoisotopic (exact) mass is 225 g/mol. The standard InChI is InChI=1S/C12H19NO3/c1-3-12(2,7-14)13-10(15)8-5-4-6-9(8)11(13)16/h8-9,14H,3-7H2,1-2H3. The van der Waals surface area contributed by atoms with E-state index in [-0.39, 0.29) is 30.3 Å². The number of carbonyl (C=O) groups is 2. The lowest BCUT2D eigenvalue weighted by Crippen LogP contribution is -2.52. The third-order valence-corrected chi connectivity index (χ3v) is 4.23. The Balaban J connectivity index is 2.30. The molecule has 1 saturated carbocycles. The molecule has 0 bridgehead atoms. The van der Waals surface area contributed by atoms with E-state index in [0.29, 0.717) is 6.42 Å². The topological polar surface area (TPSA) is 57.6 Å². The van der Waals surface area contributed by atoms with Crippen LogP contribution in [0.15, 0.2) is 0 Å². The summed E-state index contributed by atoms with van der Waals surface area (Å²) in [5, 5.41) is 9.40. The van der Waals surface area contributed by atoms with Crippen molar-refractivity contribution in [2.75, 3.05) is 6.61 Å². The maximum absolute atomic E-state index is 12.2. The van der Waals surface area contributed by atoms with E-state index in [1.54, 1.807) is 6.92 Å². The second kappa shape index (κ2) is 3.84. The number of hydrogen-bond donors (Lipinski definition) is 1. The molecule has 0 aromatic rings. The van der Waals surface area contributed by atoms with E-state index < -0.39 is 5.54 Å². The number of likely N-dealkylation sites (tertiary alicyclic amines) is 1. The van der Waals surface area contributed by atoms with Gasteiger partial charge in [-0.3, -0.25) is 14.5 Å². The first kappa shape index (κ1) is 11.6. The van der Waals surface area contributed by atoms with Crippen LogP contribution in [0.4, 0.5) is 0 Å². The summed E-state index contributed by atoms with van der Waals surface area (Å²) in [6.45, 7) is 3.52. The number of fused-ring (bicyclic) bond motifs is 1. The largest absolute Gasteiger partial charge is 0.394 e. The van der Waals surface area contributed by atoms with E-state index in [9.17, 15) is 14.7 Å². The molecular weight excluding hydrogens is 206 g/mol. The van der Waals surface area contributed by atoms with Crippen molar-refractivity contribution in [2.45, 2.75) is 45.1 Å². The molecule has 3 atom stereocenters. The number of aliphatic hydroxyl groups excluding tert-OH is 1. The van der Waals surface area contributed by atoms with Gasteiger partial charge in [0, 0.05) is 0 Å². The Morgan fingerprint density at radius 3 is 2.19 bits per heavy atom. The van der Waals surface area contributed by atoms with Gasteiger partial charge in [0.05, 0.1) is 24.0 Å². The van der Waals surface area contributed by atoms with Crippen molar-refractivity contribution in [1.29, 1.82) is 0 Å². The van der Waals surface area contributed by atoms with Crippen LogP contribution in [0.25, 0.3) is 0 Å². The molecule has 4 heteroatoms. The maximum atomic E-state index is 12.2. The fourth-order valence-corrected chi connectivity index (χ4v) is 2.86. The van der Waals surface area contributed by atoms with Crippen molar-refractivity contribution in [3.05, 3.63) is 0 Å². The number of rotatable bonds is 3. The van der Waals surface area contributed by atoms with E-state index in [4.69, 9.17) is 0 Å². The fourth-order valence-electron chi connectivity index (χ4n) is 2.86. The summed E-state index contributed by atoms with van der Waals surface area (Å²) in [6.07, 6.45) is 3.23. The van der Waals surface area contributed by atoms with Crippen molar-refractivity contribution < 1.29 is 14.7 Å². The number of nitrogens with zero attached hydrogens (tertiary/aromatic N) is 1. The highest BCUT2D eigenvalue weighted by atomic mass is 16.3. The van der Waals surface area contributed by atoms with Crippen LogP contribution in [0, 0.1) is 11.8 Å². The lowest BCUT2D eigenvalue weighted by molar-refractivity contribution is -0.149. The summed E-state index contributed by atoms with van der Waals surface area (Å²) in [4.78, 5) is 25.6. The van der Waals surface area contributed by atoms with Gasteiger partial charge in [0.1, 0.15) is 0 Å². The van der Waals surface area contributed by atoms with Crippen molar-refractivity contribution in [2.24, 2.45) is 11.8 Å². The predicted molar refractivity (Wildman–Crippen MR) is 58.5 cm³/mol. The Hall–Kier alpha value is -0.900. The summed E-state index contributed by atoms with van der Waals surface area (Å²) in [5.41, 5.74) is -0.710. The number of aliphatic hydroxyl groups is 1. The lowest BCUT2D eigenvalue weighted by Gasteiger charge is -2.35. The van der Waals surface area contributed by atoms with Crippen LogP contribution in [-0.2, 0) is 9.59 Å². The summed E-state index contributed by atoms with van der Waals surface area (Å²) in [6, 6.07) is 0. The average Bonchev–Trinajstić information content (AvgIpc) is 2.84. The third kappa shape index (κ3) is 1.39. The zero-order chi connectivity index (χ0) is 11.9. The Morgan fingerprint density at radius 2 is 1.81 bits per heavy atom. The molecule has 0 aromatic heterocycles. The zero-order valence-electron chi connectivity index (χ0n) is 9.90. The van der Waals surface area contributed by atoms with Gasteiger partial charge in [-0.25, -0.2) is 0 Å². The van der Waals surface area contributed by atoms with Gasteiger partial charge < -0.3 is 5.11 Å². The van der Waals surface area contributed by atoms with Crippen LogP contribution in [0.5, 0.6) is 0 Å². The van der Waals surface area contributed by atoms with E-state index >= 15 is 0 Å². The zero-order valence-corrected chi connectivity index (χ0v) is 9.90. The molecule has 16 heavy (non-hydrogen) atoms. The van der Waals surface area contributed by atoms with E-state index in [2.05, 4.69) is 0 Å². The lowest BCUT2D eigenvalue weighted by atomic mass is 9.97. The maximum Gasteiger partial charge on any atom is 0.233 e. The SMILES string of the molecule is CCC(C)(CO)N1C(=O)C2CCCC2C1=O. The molecule has 4 nitrogen and oxygen atoms in total. The molecule has 2 amide bonds. The highest BCUT2D eigenvalue weighted by molar-refractivity contribution is 6.06. The van der Waals surface area contributed by atoms with Crippen molar-refractivity contribution in [3.8, 4) is 0 Å². The summed E-state index contributed by atoms with van der Waals surface area (Å²) >= 11 is 0. The van der Waals surface area contributed by atoms with Crippen molar-refractivity contribution in [1.82, 2.24) is 4.90 Å². The molecule has 2 fully saturated rings. The van der Waals surface area contributed by atoms with Gasteiger partial charge in [0.25, 0.3) is 0 Å². The average molecular weight is 225 g/mol. The van der Waals surface area contributed by atoms with Crippen LogP contribution in [0.3, 0.4) is 0 Å². The van der Waals surface area contributed by atoms with Gasteiger partial charge in [-0.1, -0.05) is 13.3 Å². The quantitative estimate of drug-likeness (QED) is 0.727. The van der Waals surface area contributed by atoms with Gasteiger partial charge in [-0.05, 0) is 26.2 Å². The summed E-state index contributed by atoms with van der Waals surface area (Å²) in [7, 11) is 0. The van der Waals surface area contributed by atoms with Crippen LogP contribution < -0.4 is 0 Å². The number of imide groups is 1. The third-order valence-electron chi connectivity index (χ3n) is 4.23. The highest BCUT2D eigenvalue weighted by Crippen LogP contribution is 2.42. The predicted octanol–water partition coefficient (Wildman–Crippen LogP) is 0.933. The molecule has 1 heterocycles. The van der Waals surface area contributed by atoms with Gasteiger partial charge in [-0.2, -0.15) is 0 Å². The normalized spacial score (nSPS) is 33.1. The number of hydrogen-bond acceptors (Lipinski definition) is 3. The Morgan fingerprint density at radius 1 is 1.31 bits per heavy atom. The Kier molecular flexibility index (Phi) is 2.78. The molecule has 2 aliphatic rings. The molecule has 0 radical (unpaired) electrons. The molecule has 0 aromatic carbocycles. The molecule has 1 saturated heterocycles. The van der Waals surface area contributed by atoms with E-state index in [1.165, 1.54) is 4.90 Å². The fraction of sp³-hybridized carbons (Fsp3) is 0.833. The number of amides is 2. The van der Waals surface area contributed by atoms with E-state index in [1.807, 2.05) is 6.92 Å². The van der Waals surface area contributed by atoms with Crippen LogP contribution >= 0.6 is 0 Å².